The van der Waals surface area contributed by atoms with E-state index in [0.717, 1.165) is 31.6 Å². The predicted octanol–water partition coefficient (Wildman–Crippen LogP) is 2.48. The smallest absolute Gasteiger partial charge is 0.309 e. The number of nitriles is 1. The lowest BCUT2D eigenvalue weighted by molar-refractivity contribution is -0.302. The zero-order chi connectivity index (χ0) is 32.1. The van der Waals surface area contributed by atoms with E-state index in [1.54, 1.807) is 25.2 Å². The number of hydrazine groups is 1. The molecule has 2 aromatic carbocycles. The van der Waals surface area contributed by atoms with Gasteiger partial charge < -0.3 is 30.6 Å². The van der Waals surface area contributed by atoms with Crippen molar-refractivity contribution >= 4 is 17.5 Å². The number of halogens is 1. The Morgan fingerprint density at radius 3 is 2.67 bits per heavy atom. The molecule has 236 valence electrons. The summed E-state index contributed by atoms with van der Waals surface area (Å²) in [6, 6.07) is 13.4. The zero-order valence-electron chi connectivity index (χ0n) is 25.9. The zero-order valence-corrected chi connectivity index (χ0v) is 25.9. The first-order chi connectivity index (χ1) is 21.6. The summed E-state index contributed by atoms with van der Waals surface area (Å²) in [4.78, 5) is 29.5. The van der Waals surface area contributed by atoms with E-state index in [2.05, 4.69) is 69.1 Å². The summed E-state index contributed by atoms with van der Waals surface area (Å²) in [5, 5.41) is 14.4. The Kier molecular flexibility index (Phi) is 9.87. The van der Waals surface area contributed by atoms with Gasteiger partial charge in [-0.2, -0.15) is 10.2 Å². The molecule has 6 N–H and O–H groups in total. The minimum Gasteiger partial charge on any atom is -0.486 e. The lowest BCUT2D eigenvalue weighted by Gasteiger charge is -2.34. The maximum Gasteiger partial charge on any atom is 0.309 e. The van der Waals surface area contributed by atoms with Crippen LogP contribution in [0, 0.1) is 18.3 Å². The number of rotatable bonds is 8. The Hall–Kier alpha value is -4.64. The molecule has 3 heterocycles. The van der Waals surface area contributed by atoms with Gasteiger partial charge in [-0.05, 0) is 87.3 Å². The number of aromatic nitrogens is 3. The molecule has 1 aromatic heterocycles. The van der Waals surface area contributed by atoms with Gasteiger partial charge in [0.05, 0.1) is 18.3 Å². The maximum absolute atomic E-state index is 15.1. The largest absolute Gasteiger partial charge is 0.486 e. The predicted molar refractivity (Wildman–Crippen MR) is 167 cm³/mol. The first-order valence-electron chi connectivity index (χ1n) is 15.0. The van der Waals surface area contributed by atoms with Crippen molar-refractivity contribution in [2.75, 3.05) is 45.6 Å². The number of ether oxygens (including phenoxy) is 1. The molecule has 2 atom stereocenters. The van der Waals surface area contributed by atoms with Crippen LogP contribution in [0.4, 0.5) is 16.0 Å². The van der Waals surface area contributed by atoms with Crippen molar-refractivity contribution < 1.29 is 19.7 Å². The number of nitrogens with zero attached hydrogens (tertiary/aromatic N) is 7. The minimum atomic E-state index is -1.45. The van der Waals surface area contributed by atoms with Crippen LogP contribution in [0.3, 0.4) is 0 Å². The SMILES string of the molecule is Cc1cc(Nc2ncnc(-c3ccc(OC4CCN(C(=O)C([NH3+])=CN(C)N)CC4F)c(C#N)c3)n2)ccc1C1CCN(C)CC1. The molecule has 2 aliphatic rings. The molecule has 0 aliphatic carbocycles. The highest BCUT2D eigenvalue weighted by Crippen LogP contribution is 2.32. The fraction of sp³-hybridized carbons (Fsp3) is 0.406. The fourth-order valence-corrected chi connectivity index (χ4v) is 5.88. The second kappa shape index (κ2) is 14.0. The highest BCUT2D eigenvalue weighted by atomic mass is 19.1. The van der Waals surface area contributed by atoms with Crippen LogP contribution in [0.2, 0.25) is 0 Å². The van der Waals surface area contributed by atoms with Crippen LogP contribution < -0.4 is 21.6 Å². The second-order valence-electron chi connectivity index (χ2n) is 11.8. The summed E-state index contributed by atoms with van der Waals surface area (Å²) in [5.41, 5.74) is 8.19. The van der Waals surface area contributed by atoms with Crippen LogP contribution in [0.15, 0.2) is 54.6 Å². The Morgan fingerprint density at radius 2 is 1.98 bits per heavy atom. The third-order valence-corrected chi connectivity index (χ3v) is 8.30. The molecule has 12 nitrogen and oxygen atoms in total. The number of nitrogens with one attached hydrogen (secondary N) is 1. The quantitative estimate of drug-likeness (QED) is 0.195. The third-order valence-electron chi connectivity index (χ3n) is 8.30. The summed E-state index contributed by atoms with van der Waals surface area (Å²) in [7, 11) is 3.74. The van der Waals surface area contributed by atoms with Gasteiger partial charge in [0.25, 0.3) is 0 Å². The van der Waals surface area contributed by atoms with E-state index in [1.165, 1.54) is 33.6 Å². The molecular weight excluding hydrogens is 575 g/mol. The standard InChI is InChI=1S/C32H39FN10O2/c1-20-14-24(5-6-25(20)21-8-11-41(2)12-9-21)39-32-38-19-37-30(40-32)22-4-7-28(23(15-22)16-34)45-29-10-13-43(17-26(29)33)31(44)27(35)18-42(3)36/h4-7,14-15,18-19,21,26,29H,8-13,17,35-36H2,1-3H3,(H,37,38,39,40)/p+1. The van der Waals surface area contributed by atoms with E-state index in [4.69, 9.17) is 10.6 Å². The summed E-state index contributed by atoms with van der Waals surface area (Å²) in [6.07, 6.45) is 3.12. The van der Waals surface area contributed by atoms with Crippen molar-refractivity contribution in [1.29, 1.82) is 5.26 Å². The number of aryl methyl sites for hydroxylation is 1. The van der Waals surface area contributed by atoms with Crippen molar-refractivity contribution in [3.8, 4) is 23.2 Å². The molecule has 5 rings (SSSR count). The number of quaternary nitrogens is 1. The lowest BCUT2D eigenvalue weighted by Crippen LogP contribution is -2.59. The summed E-state index contributed by atoms with van der Waals surface area (Å²) >= 11 is 0. The number of carbonyl (C=O) groups excluding carboxylic acids is 1. The number of anilines is 2. The molecule has 0 bridgehead atoms. The number of likely N-dealkylation sites (tertiary alicyclic amines) is 2. The number of amides is 1. The van der Waals surface area contributed by atoms with E-state index in [-0.39, 0.29) is 42.4 Å². The first kappa shape index (κ1) is 31.8. The van der Waals surface area contributed by atoms with E-state index >= 15 is 4.39 Å². The molecule has 0 saturated carbocycles. The lowest BCUT2D eigenvalue weighted by atomic mass is 9.87. The topological polar surface area (TPSA) is 164 Å². The number of benzene rings is 2. The van der Waals surface area contributed by atoms with E-state index in [0.29, 0.717) is 23.3 Å². The molecule has 0 spiro atoms. The van der Waals surface area contributed by atoms with Gasteiger partial charge in [-0.1, -0.05) is 6.07 Å². The van der Waals surface area contributed by atoms with Gasteiger partial charge in [-0.3, -0.25) is 4.79 Å². The van der Waals surface area contributed by atoms with Crippen molar-refractivity contribution in [2.24, 2.45) is 5.84 Å². The number of carbonyl (C=O) groups is 1. The number of piperidine rings is 2. The van der Waals surface area contributed by atoms with Crippen LogP contribution in [-0.2, 0) is 4.79 Å². The van der Waals surface area contributed by atoms with Gasteiger partial charge in [-0.15, -0.1) is 0 Å². The van der Waals surface area contributed by atoms with Gasteiger partial charge in [0, 0.05) is 31.3 Å². The van der Waals surface area contributed by atoms with Gasteiger partial charge in [0.15, 0.2) is 12.0 Å². The van der Waals surface area contributed by atoms with E-state index < -0.39 is 12.3 Å². The normalized spacial score (nSPS) is 19.6. The monoisotopic (exact) mass is 615 g/mol. The Balaban J connectivity index is 1.24. The van der Waals surface area contributed by atoms with Crippen LogP contribution in [-0.4, -0.2) is 88.2 Å². The van der Waals surface area contributed by atoms with Crippen molar-refractivity contribution in [2.45, 2.75) is 44.4 Å². The van der Waals surface area contributed by atoms with Crippen molar-refractivity contribution in [3.63, 3.8) is 0 Å². The highest BCUT2D eigenvalue weighted by Gasteiger charge is 2.35. The molecule has 1 amide bonds. The molecule has 2 unspecified atom stereocenters. The average molecular weight is 616 g/mol. The second-order valence-corrected chi connectivity index (χ2v) is 11.8. The molecule has 2 aliphatic heterocycles. The third kappa shape index (κ3) is 7.72. The Labute approximate surface area is 262 Å². The molecule has 0 radical (unpaired) electrons. The molecule has 2 fully saturated rings. The van der Waals surface area contributed by atoms with Gasteiger partial charge in [0.2, 0.25) is 11.6 Å². The number of nitrogens with two attached hydrogens (primary N) is 1. The Bertz CT molecular complexity index is 1600. The van der Waals surface area contributed by atoms with Crippen molar-refractivity contribution in [3.05, 3.63) is 71.3 Å². The van der Waals surface area contributed by atoms with Crippen LogP contribution in [0.25, 0.3) is 11.4 Å². The summed E-state index contributed by atoms with van der Waals surface area (Å²) in [6.45, 7) is 4.50. The van der Waals surface area contributed by atoms with E-state index in [9.17, 15) is 10.1 Å². The van der Waals surface area contributed by atoms with Gasteiger partial charge >= 0.3 is 5.91 Å². The molecule has 13 heteroatoms. The van der Waals surface area contributed by atoms with Crippen LogP contribution in [0.1, 0.15) is 41.9 Å². The summed E-state index contributed by atoms with van der Waals surface area (Å²) < 4.78 is 21.1. The van der Waals surface area contributed by atoms with Gasteiger partial charge in [-0.25, -0.2) is 20.2 Å². The van der Waals surface area contributed by atoms with Crippen LogP contribution in [0.5, 0.6) is 5.75 Å². The van der Waals surface area contributed by atoms with E-state index in [1.807, 2.05) is 0 Å². The number of hydrogen-bond acceptors (Lipinski definition) is 10. The van der Waals surface area contributed by atoms with Crippen molar-refractivity contribution in [1.82, 2.24) is 29.8 Å². The first-order valence-corrected chi connectivity index (χ1v) is 15.0. The maximum atomic E-state index is 15.1. The minimum absolute atomic E-state index is 0.147. The number of hydrogen-bond donors (Lipinski definition) is 3. The van der Waals surface area contributed by atoms with Crippen LogP contribution >= 0.6 is 0 Å². The average Bonchev–Trinajstić information content (AvgIpc) is 3.02. The molecule has 2 saturated heterocycles. The molecule has 45 heavy (non-hydrogen) atoms. The highest BCUT2D eigenvalue weighted by molar-refractivity contribution is 5.90. The molecule has 3 aromatic rings. The Morgan fingerprint density at radius 1 is 1.20 bits per heavy atom. The number of alkyl halides is 1. The summed E-state index contributed by atoms with van der Waals surface area (Å²) in [5.74, 6) is 6.75. The van der Waals surface area contributed by atoms with Gasteiger partial charge in [0.1, 0.15) is 24.3 Å². The molecular formula is C32H40FN10O2+. The fourth-order valence-electron chi connectivity index (χ4n) is 5.88.